The highest BCUT2D eigenvalue weighted by Gasteiger charge is 2.49. The van der Waals surface area contributed by atoms with Gasteiger partial charge in [0.05, 0.1) is 12.6 Å². The maximum atomic E-state index is 14.8. The van der Waals surface area contributed by atoms with Crippen LogP contribution in [-0.4, -0.2) is 36.5 Å². The highest BCUT2D eigenvalue weighted by atomic mass is 19.1. The average molecular weight is 397 g/mol. The second kappa shape index (κ2) is 8.15. The number of amides is 1. The third kappa shape index (κ3) is 4.01. The Balaban J connectivity index is 1.68. The van der Waals surface area contributed by atoms with E-state index < -0.39 is 5.54 Å². The topological polar surface area (TPSA) is 41.6 Å². The number of hydrogen-bond acceptors (Lipinski definition) is 3. The van der Waals surface area contributed by atoms with Crippen LogP contribution in [0.5, 0.6) is 5.75 Å². The van der Waals surface area contributed by atoms with Crippen LogP contribution in [-0.2, 0) is 11.3 Å². The summed E-state index contributed by atoms with van der Waals surface area (Å²) < 4.78 is 20.3. The fourth-order valence-electron chi connectivity index (χ4n) is 5.06. The predicted octanol–water partition coefficient (Wildman–Crippen LogP) is 4.17. The van der Waals surface area contributed by atoms with E-state index in [1.54, 1.807) is 13.2 Å². The van der Waals surface area contributed by atoms with E-state index in [-0.39, 0.29) is 17.6 Å². The van der Waals surface area contributed by atoms with E-state index in [0.29, 0.717) is 25.1 Å². The van der Waals surface area contributed by atoms with Crippen molar-refractivity contribution in [2.75, 3.05) is 20.2 Å². The molecule has 154 valence electrons. The SMILES string of the molecule is COc1ccc(C)cc1CN1C[C@@H](c2ccccc2F)[C@@]2(CCCCC(=O)N2)C1. The monoisotopic (exact) mass is 396 g/mol. The van der Waals surface area contributed by atoms with E-state index in [1.165, 1.54) is 11.6 Å². The zero-order chi connectivity index (χ0) is 20.4. The molecular formula is C24H29FN2O2. The minimum atomic E-state index is -0.424. The van der Waals surface area contributed by atoms with Gasteiger partial charge in [0.25, 0.3) is 0 Å². The maximum Gasteiger partial charge on any atom is 0.220 e. The number of hydrogen-bond donors (Lipinski definition) is 1. The van der Waals surface area contributed by atoms with Gasteiger partial charge in [0.2, 0.25) is 5.91 Å². The zero-order valence-corrected chi connectivity index (χ0v) is 17.2. The van der Waals surface area contributed by atoms with Gasteiger partial charge in [-0.3, -0.25) is 9.69 Å². The molecule has 29 heavy (non-hydrogen) atoms. The minimum absolute atomic E-state index is 0.0680. The Kier molecular flexibility index (Phi) is 5.59. The van der Waals surface area contributed by atoms with Gasteiger partial charge in [0.15, 0.2) is 0 Å². The number of nitrogens with zero attached hydrogens (tertiary/aromatic N) is 1. The summed E-state index contributed by atoms with van der Waals surface area (Å²) in [4.78, 5) is 14.8. The molecule has 2 saturated heterocycles. The molecule has 4 rings (SSSR count). The number of carbonyl (C=O) groups excluding carboxylic acids is 1. The molecular weight excluding hydrogens is 367 g/mol. The molecule has 2 aromatic carbocycles. The third-order valence-electron chi connectivity index (χ3n) is 6.39. The highest BCUT2D eigenvalue weighted by Crippen LogP contribution is 2.42. The molecule has 1 amide bonds. The fourth-order valence-corrected chi connectivity index (χ4v) is 5.06. The van der Waals surface area contributed by atoms with Crippen LogP contribution in [0.3, 0.4) is 0 Å². The van der Waals surface area contributed by atoms with E-state index in [4.69, 9.17) is 4.74 Å². The first-order valence-electron chi connectivity index (χ1n) is 10.4. The normalized spacial score (nSPS) is 25.1. The Morgan fingerprint density at radius 1 is 1.24 bits per heavy atom. The summed E-state index contributed by atoms with van der Waals surface area (Å²) in [5.74, 6) is 0.689. The number of methoxy groups -OCH3 is 1. The first-order valence-corrected chi connectivity index (χ1v) is 10.4. The second-order valence-electron chi connectivity index (χ2n) is 8.47. The lowest BCUT2D eigenvalue weighted by atomic mass is 9.78. The summed E-state index contributed by atoms with van der Waals surface area (Å²) in [6.07, 6.45) is 3.30. The number of aryl methyl sites for hydroxylation is 1. The Morgan fingerprint density at radius 3 is 2.86 bits per heavy atom. The molecule has 5 heteroatoms. The van der Waals surface area contributed by atoms with Gasteiger partial charge in [-0.1, -0.05) is 42.3 Å². The van der Waals surface area contributed by atoms with Crippen LogP contribution in [0.25, 0.3) is 0 Å². The van der Waals surface area contributed by atoms with Crippen molar-refractivity contribution >= 4 is 5.91 Å². The van der Waals surface area contributed by atoms with Crippen LogP contribution < -0.4 is 10.1 Å². The largest absolute Gasteiger partial charge is 0.496 e. The predicted molar refractivity (Wildman–Crippen MR) is 111 cm³/mol. The third-order valence-corrected chi connectivity index (χ3v) is 6.39. The number of halogens is 1. The van der Waals surface area contributed by atoms with Crippen molar-refractivity contribution in [3.05, 3.63) is 65.0 Å². The summed E-state index contributed by atoms with van der Waals surface area (Å²) >= 11 is 0. The lowest BCUT2D eigenvalue weighted by Crippen LogP contribution is -2.52. The Hall–Kier alpha value is -2.40. The summed E-state index contributed by atoms with van der Waals surface area (Å²) in [5, 5.41) is 3.31. The lowest BCUT2D eigenvalue weighted by molar-refractivity contribution is -0.122. The van der Waals surface area contributed by atoms with Crippen molar-refractivity contribution in [2.24, 2.45) is 0 Å². The number of carbonyl (C=O) groups is 1. The quantitative estimate of drug-likeness (QED) is 0.843. The van der Waals surface area contributed by atoms with Gasteiger partial charge >= 0.3 is 0 Å². The van der Waals surface area contributed by atoms with Crippen molar-refractivity contribution in [3.8, 4) is 5.75 Å². The van der Waals surface area contributed by atoms with Gasteiger partial charge in [-0.25, -0.2) is 4.39 Å². The van der Waals surface area contributed by atoms with Crippen molar-refractivity contribution in [2.45, 2.75) is 50.6 Å². The highest BCUT2D eigenvalue weighted by molar-refractivity contribution is 5.77. The van der Waals surface area contributed by atoms with E-state index in [9.17, 15) is 9.18 Å². The molecule has 1 N–H and O–H groups in total. The van der Waals surface area contributed by atoms with Crippen LogP contribution in [0.15, 0.2) is 42.5 Å². The second-order valence-corrected chi connectivity index (χ2v) is 8.47. The summed E-state index contributed by atoms with van der Waals surface area (Å²) in [6, 6.07) is 13.2. The minimum Gasteiger partial charge on any atom is -0.496 e. The van der Waals surface area contributed by atoms with Gasteiger partial charge < -0.3 is 10.1 Å². The first kappa shape index (κ1) is 19.9. The van der Waals surface area contributed by atoms with Crippen LogP contribution >= 0.6 is 0 Å². The molecule has 0 saturated carbocycles. The molecule has 0 aromatic heterocycles. The Labute approximate surface area is 172 Å². The van der Waals surface area contributed by atoms with Crippen LogP contribution in [0.1, 0.15) is 48.3 Å². The Bertz CT molecular complexity index is 900. The van der Waals surface area contributed by atoms with Gasteiger partial charge in [-0.05, 0) is 37.5 Å². The number of nitrogens with one attached hydrogen (secondary N) is 1. The molecule has 0 radical (unpaired) electrons. The molecule has 4 nitrogen and oxygen atoms in total. The molecule has 0 unspecified atom stereocenters. The summed E-state index contributed by atoms with van der Waals surface area (Å²) in [5.41, 5.74) is 2.58. The molecule has 2 aliphatic rings. The molecule has 0 bridgehead atoms. The number of rotatable bonds is 4. The average Bonchev–Trinajstić information content (AvgIpc) is 2.91. The van der Waals surface area contributed by atoms with E-state index in [2.05, 4.69) is 23.2 Å². The standard InChI is InChI=1S/C24H29FN2O2/c1-17-10-11-22(29-2)18(13-17)14-27-15-20(19-7-3-4-8-21(19)25)24(16-27)12-6-5-9-23(28)26-24/h3-4,7-8,10-11,13,20H,5-6,9,12,14-16H2,1-2H3,(H,26,28)/t20-,24+/m0/s1. The number of ether oxygens (including phenoxy) is 1. The van der Waals surface area contributed by atoms with Crippen molar-refractivity contribution < 1.29 is 13.9 Å². The smallest absolute Gasteiger partial charge is 0.220 e. The van der Waals surface area contributed by atoms with Crippen LogP contribution in [0.4, 0.5) is 4.39 Å². The zero-order valence-electron chi connectivity index (χ0n) is 17.2. The lowest BCUT2D eigenvalue weighted by Gasteiger charge is -2.35. The maximum absolute atomic E-state index is 14.8. The number of likely N-dealkylation sites (tertiary alicyclic amines) is 1. The Morgan fingerprint density at radius 2 is 2.07 bits per heavy atom. The van der Waals surface area contributed by atoms with Gasteiger partial charge in [-0.2, -0.15) is 0 Å². The van der Waals surface area contributed by atoms with Gasteiger partial charge in [-0.15, -0.1) is 0 Å². The van der Waals surface area contributed by atoms with E-state index in [1.807, 2.05) is 24.3 Å². The van der Waals surface area contributed by atoms with Crippen LogP contribution in [0.2, 0.25) is 0 Å². The molecule has 2 fully saturated rings. The van der Waals surface area contributed by atoms with Crippen LogP contribution in [0, 0.1) is 12.7 Å². The molecule has 2 aromatic rings. The fraction of sp³-hybridized carbons (Fsp3) is 0.458. The molecule has 2 atom stereocenters. The van der Waals surface area contributed by atoms with Gasteiger partial charge in [0, 0.05) is 37.5 Å². The van der Waals surface area contributed by atoms with E-state index in [0.717, 1.165) is 37.1 Å². The van der Waals surface area contributed by atoms with Gasteiger partial charge in [0.1, 0.15) is 11.6 Å². The van der Waals surface area contributed by atoms with Crippen molar-refractivity contribution in [1.29, 1.82) is 0 Å². The molecule has 2 heterocycles. The first-order chi connectivity index (χ1) is 14.0. The summed E-state index contributed by atoms with van der Waals surface area (Å²) in [6.45, 7) is 4.21. The molecule has 2 aliphatic heterocycles. The van der Waals surface area contributed by atoms with Crippen molar-refractivity contribution in [3.63, 3.8) is 0 Å². The van der Waals surface area contributed by atoms with Crippen molar-refractivity contribution in [1.82, 2.24) is 10.2 Å². The molecule has 0 aliphatic carbocycles. The number of benzene rings is 2. The van der Waals surface area contributed by atoms with E-state index >= 15 is 0 Å². The summed E-state index contributed by atoms with van der Waals surface area (Å²) in [7, 11) is 1.69. The molecule has 1 spiro atoms.